The highest BCUT2D eigenvalue weighted by Crippen LogP contribution is 2.31. The summed E-state index contributed by atoms with van der Waals surface area (Å²) in [5, 5.41) is 3.77. The minimum absolute atomic E-state index is 0.970. The number of halogens is 1. The van der Waals surface area contributed by atoms with Crippen LogP contribution in [-0.4, -0.2) is 4.98 Å². The molecule has 1 nitrogen and oxygen atoms in total. The zero-order valence-corrected chi connectivity index (χ0v) is 14.5. The highest BCUT2D eigenvalue weighted by Gasteiger charge is 2.10. The number of rotatable bonds is 2. The highest BCUT2D eigenvalue weighted by molar-refractivity contribution is 9.10. The van der Waals surface area contributed by atoms with Crippen LogP contribution in [0.1, 0.15) is 12.5 Å². The van der Waals surface area contributed by atoms with E-state index in [2.05, 4.69) is 89.6 Å². The van der Waals surface area contributed by atoms with Gasteiger partial charge in [-0.2, -0.15) is 0 Å². The first kappa shape index (κ1) is 14.4. The molecule has 0 saturated carbocycles. The Balaban J connectivity index is 2.02. The quantitative estimate of drug-likeness (QED) is 0.377. The van der Waals surface area contributed by atoms with Gasteiger partial charge in [0.25, 0.3) is 0 Å². The van der Waals surface area contributed by atoms with Gasteiger partial charge in [0.1, 0.15) is 0 Å². The van der Waals surface area contributed by atoms with E-state index in [9.17, 15) is 0 Å². The van der Waals surface area contributed by atoms with Crippen molar-refractivity contribution >= 4 is 37.6 Å². The number of fused-ring (bicyclic) bond motifs is 3. The van der Waals surface area contributed by atoms with E-state index in [-0.39, 0.29) is 0 Å². The molecule has 0 N–H and O–H groups in total. The molecular formula is C21H16BrN. The van der Waals surface area contributed by atoms with Crippen molar-refractivity contribution in [2.75, 3.05) is 0 Å². The fourth-order valence-electron chi connectivity index (χ4n) is 3.10. The smallest absolute Gasteiger partial charge is 0.0741 e. The SMILES string of the molecule is CCc1cc2c(ccc3ccccc32)nc1-c1ccc(Br)cc1. The molecule has 0 unspecified atom stereocenters. The summed E-state index contributed by atoms with van der Waals surface area (Å²) in [5.74, 6) is 0. The first-order valence-corrected chi connectivity index (χ1v) is 8.63. The fourth-order valence-corrected chi connectivity index (χ4v) is 3.36. The Kier molecular flexibility index (Phi) is 3.62. The molecule has 4 aromatic rings. The zero-order valence-electron chi connectivity index (χ0n) is 12.9. The Hall–Kier alpha value is -2.19. The van der Waals surface area contributed by atoms with Crippen molar-refractivity contribution in [2.45, 2.75) is 13.3 Å². The third-order valence-corrected chi connectivity index (χ3v) is 4.83. The monoisotopic (exact) mass is 361 g/mol. The average Bonchev–Trinajstić information content (AvgIpc) is 2.61. The van der Waals surface area contributed by atoms with E-state index in [0.29, 0.717) is 0 Å². The van der Waals surface area contributed by atoms with E-state index >= 15 is 0 Å². The summed E-state index contributed by atoms with van der Waals surface area (Å²) in [6.07, 6.45) is 0.970. The summed E-state index contributed by atoms with van der Waals surface area (Å²) in [6.45, 7) is 2.19. The first-order valence-electron chi connectivity index (χ1n) is 7.83. The average molecular weight is 362 g/mol. The Morgan fingerprint density at radius 1 is 0.870 bits per heavy atom. The molecule has 0 atom stereocenters. The van der Waals surface area contributed by atoms with E-state index in [1.165, 1.54) is 27.3 Å². The lowest BCUT2D eigenvalue weighted by Gasteiger charge is -2.11. The Morgan fingerprint density at radius 2 is 1.65 bits per heavy atom. The van der Waals surface area contributed by atoms with Gasteiger partial charge in [-0.15, -0.1) is 0 Å². The van der Waals surface area contributed by atoms with E-state index in [4.69, 9.17) is 4.98 Å². The predicted molar refractivity (Wildman–Crippen MR) is 102 cm³/mol. The molecule has 0 bridgehead atoms. The Bertz CT molecular complexity index is 1000. The number of benzene rings is 3. The number of aromatic nitrogens is 1. The summed E-state index contributed by atoms with van der Waals surface area (Å²) < 4.78 is 1.09. The van der Waals surface area contributed by atoms with Crippen LogP contribution in [-0.2, 0) is 6.42 Å². The van der Waals surface area contributed by atoms with Gasteiger partial charge >= 0.3 is 0 Å². The van der Waals surface area contributed by atoms with Crippen LogP contribution in [0.4, 0.5) is 0 Å². The number of aryl methyl sites for hydroxylation is 1. The van der Waals surface area contributed by atoms with Gasteiger partial charge in [-0.05, 0) is 47.0 Å². The van der Waals surface area contributed by atoms with Crippen LogP contribution in [0.5, 0.6) is 0 Å². The summed E-state index contributed by atoms with van der Waals surface area (Å²) in [5.41, 5.74) is 4.60. The molecular weight excluding hydrogens is 346 g/mol. The summed E-state index contributed by atoms with van der Waals surface area (Å²) >= 11 is 3.50. The molecule has 0 aliphatic heterocycles. The maximum absolute atomic E-state index is 4.98. The molecule has 0 spiro atoms. The maximum atomic E-state index is 4.98. The third-order valence-electron chi connectivity index (χ3n) is 4.30. The fraction of sp³-hybridized carbons (Fsp3) is 0.0952. The maximum Gasteiger partial charge on any atom is 0.0741 e. The van der Waals surface area contributed by atoms with Gasteiger partial charge in [-0.3, -0.25) is 0 Å². The van der Waals surface area contributed by atoms with E-state index < -0.39 is 0 Å². The predicted octanol–water partition coefficient (Wildman–Crippen LogP) is 6.38. The van der Waals surface area contributed by atoms with Crippen molar-refractivity contribution in [2.24, 2.45) is 0 Å². The van der Waals surface area contributed by atoms with E-state index in [1.807, 2.05) is 0 Å². The summed E-state index contributed by atoms with van der Waals surface area (Å²) in [6, 6.07) is 23.5. The Morgan fingerprint density at radius 3 is 2.43 bits per heavy atom. The standard InChI is InChI=1S/C21H16BrN/c1-2-14-13-19-18-6-4-3-5-15(18)9-12-20(19)23-21(14)16-7-10-17(22)11-8-16/h3-13H,2H2,1H3. The van der Waals surface area contributed by atoms with Crippen LogP contribution in [0.15, 0.2) is 71.2 Å². The van der Waals surface area contributed by atoms with Crippen LogP contribution >= 0.6 is 15.9 Å². The number of nitrogens with zero attached hydrogens (tertiary/aromatic N) is 1. The van der Waals surface area contributed by atoms with Gasteiger partial charge in [0.05, 0.1) is 11.2 Å². The summed E-state index contributed by atoms with van der Waals surface area (Å²) in [7, 11) is 0. The van der Waals surface area contributed by atoms with Gasteiger partial charge < -0.3 is 0 Å². The van der Waals surface area contributed by atoms with Gasteiger partial charge in [-0.25, -0.2) is 4.98 Å². The molecule has 2 heteroatoms. The van der Waals surface area contributed by atoms with E-state index in [1.54, 1.807) is 0 Å². The van der Waals surface area contributed by atoms with Crippen molar-refractivity contribution in [1.82, 2.24) is 4.98 Å². The molecule has 0 saturated heterocycles. The molecule has 0 aliphatic rings. The number of hydrogen-bond donors (Lipinski definition) is 0. The Labute approximate surface area is 144 Å². The van der Waals surface area contributed by atoms with Gasteiger partial charge in [-0.1, -0.05) is 65.3 Å². The molecule has 1 heterocycles. The van der Waals surface area contributed by atoms with E-state index in [0.717, 1.165) is 22.1 Å². The second kappa shape index (κ2) is 5.78. The second-order valence-electron chi connectivity index (χ2n) is 5.71. The van der Waals surface area contributed by atoms with Crippen molar-refractivity contribution in [1.29, 1.82) is 0 Å². The van der Waals surface area contributed by atoms with Gasteiger partial charge in [0.2, 0.25) is 0 Å². The minimum Gasteiger partial charge on any atom is -0.247 e. The van der Waals surface area contributed by atoms with Crippen molar-refractivity contribution < 1.29 is 0 Å². The van der Waals surface area contributed by atoms with Crippen molar-refractivity contribution in [3.8, 4) is 11.3 Å². The van der Waals surface area contributed by atoms with Crippen LogP contribution in [0.2, 0.25) is 0 Å². The number of pyridine rings is 1. The first-order chi connectivity index (χ1) is 11.3. The van der Waals surface area contributed by atoms with Crippen molar-refractivity contribution in [3.05, 3.63) is 76.8 Å². The highest BCUT2D eigenvalue weighted by atomic mass is 79.9. The molecule has 3 aromatic carbocycles. The largest absolute Gasteiger partial charge is 0.247 e. The topological polar surface area (TPSA) is 12.9 Å². The summed E-state index contributed by atoms with van der Waals surface area (Å²) in [4.78, 5) is 4.98. The minimum atomic E-state index is 0.970. The molecule has 23 heavy (non-hydrogen) atoms. The van der Waals surface area contributed by atoms with Crippen LogP contribution in [0.3, 0.4) is 0 Å². The van der Waals surface area contributed by atoms with Gasteiger partial charge in [0.15, 0.2) is 0 Å². The lowest BCUT2D eigenvalue weighted by atomic mass is 9.98. The lowest BCUT2D eigenvalue weighted by Crippen LogP contribution is -1.94. The molecule has 1 aromatic heterocycles. The van der Waals surface area contributed by atoms with Crippen LogP contribution in [0.25, 0.3) is 32.9 Å². The van der Waals surface area contributed by atoms with Gasteiger partial charge in [0, 0.05) is 15.4 Å². The van der Waals surface area contributed by atoms with Crippen LogP contribution < -0.4 is 0 Å². The zero-order chi connectivity index (χ0) is 15.8. The number of hydrogen-bond acceptors (Lipinski definition) is 1. The lowest BCUT2D eigenvalue weighted by molar-refractivity contribution is 1.12. The van der Waals surface area contributed by atoms with Crippen molar-refractivity contribution in [3.63, 3.8) is 0 Å². The third kappa shape index (κ3) is 2.53. The molecule has 0 radical (unpaired) electrons. The molecule has 112 valence electrons. The molecule has 4 rings (SSSR count). The normalized spacial score (nSPS) is 11.2. The second-order valence-corrected chi connectivity index (χ2v) is 6.63. The molecule has 0 aliphatic carbocycles. The molecule has 0 fully saturated rings. The van der Waals surface area contributed by atoms with Crippen LogP contribution in [0, 0.1) is 0 Å². The molecule has 0 amide bonds.